The van der Waals surface area contributed by atoms with E-state index in [1.807, 2.05) is 0 Å². The minimum Gasteiger partial charge on any atom is -0.388 e. The summed E-state index contributed by atoms with van der Waals surface area (Å²) in [5.74, 6) is -0.866. The van der Waals surface area contributed by atoms with Crippen molar-refractivity contribution in [2.75, 3.05) is 0 Å². The van der Waals surface area contributed by atoms with Crippen molar-refractivity contribution in [1.29, 1.82) is 0 Å². The molecule has 1 heterocycles. The maximum atomic E-state index is 13.7. The molecule has 0 radical (unpaired) electrons. The summed E-state index contributed by atoms with van der Waals surface area (Å²) in [5, 5.41) is 14.1. The van der Waals surface area contributed by atoms with E-state index in [1.165, 1.54) is 4.68 Å². The molecule has 21 heavy (non-hydrogen) atoms. The maximum Gasteiger partial charge on any atom is 0.416 e. The largest absolute Gasteiger partial charge is 0.416 e. The van der Waals surface area contributed by atoms with E-state index in [1.54, 1.807) is 20.0 Å². The van der Waals surface area contributed by atoms with Crippen LogP contribution in [-0.4, -0.2) is 14.9 Å². The lowest BCUT2D eigenvalue weighted by Gasteiger charge is -2.14. The van der Waals surface area contributed by atoms with Crippen LogP contribution in [0.4, 0.5) is 17.6 Å². The fourth-order valence-electron chi connectivity index (χ4n) is 2.14. The summed E-state index contributed by atoms with van der Waals surface area (Å²) < 4.78 is 53.1. The molecule has 114 valence electrons. The Balaban J connectivity index is 2.30. The number of halogens is 4. The fraction of sp³-hybridized carbons (Fsp3) is 0.357. The molecule has 1 unspecified atom stereocenters. The highest BCUT2D eigenvalue weighted by atomic mass is 19.4. The summed E-state index contributed by atoms with van der Waals surface area (Å²) in [6, 6.07) is 3.70. The number of benzene rings is 1. The molecule has 0 aliphatic rings. The molecule has 7 heteroatoms. The lowest BCUT2D eigenvalue weighted by Crippen LogP contribution is -2.11. The Labute approximate surface area is 118 Å². The van der Waals surface area contributed by atoms with Crippen LogP contribution in [0.2, 0.25) is 0 Å². The third-order valence-corrected chi connectivity index (χ3v) is 3.18. The quantitative estimate of drug-likeness (QED) is 0.884. The molecule has 1 atom stereocenters. The standard InChI is InChI=1S/C14H14F4N2O/c1-8-5-10(20(2)19-8)7-13(21)11-6-9(14(16,17)18)3-4-12(11)15/h3-6,13,21H,7H2,1-2H3. The Morgan fingerprint density at radius 3 is 2.48 bits per heavy atom. The van der Waals surface area contributed by atoms with Gasteiger partial charge in [-0.2, -0.15) is 18.3 Å². The number of alkyl halides is 3. The molecule has 2 aromatic rings. The summed E-state index contributed by atoms with van der Waals surface area (Å²) in [5.41, 5.74) is -0.0381. The van der Waals surface area contributed by atoms with Gasteiger partial charge in [0.25, 0.3) is 0 Å². The monoisotopic (exact) mass is 302 g/mol. The van der Waals surface area contributed by atoms with Crippen LogP contribution in [0.25, 0.3) is 0 Å². The van der Waals surface area contributed by atoms with Crippen LogP contribution in [0.5, 0.6) is 0 Å². The average molecular weight is 302 g/mol. The average Bonchev–Trinajstić information content (AvgIpc) is 2.66. The van der Waals surface area contributed by atoms with Gasteiger partial charge in [-0.25, -0.2) is 4.39 Å². The highest BCUT2D eigenvalue weighted by Gasteiger charge is 2.32. The minimum absolute atomic E-state index is 0.0183. The van der Waals surface area contributed by atoms with E-state index in [4.69, 9.17) is 0 Å². The van der Waals surface area contributed by atoms with E-state index in [0.717, 1.165) is 6.07 Å². The van der Waals surface area contributed by atoms with Gasteiger partial charge in [0.05, 0.1) is 17.4 Å². The van der Waals surface area contributed by atoms with Crippen molar-refractivity contribution < 1.29 is 22.7 Å². The summed E-state index contributed by atoms with van der Waals surface area (Å²) in [7, 11) is 1.65. The van der Waals surface area contributed by atoms with E-state index in [-0.39, 0.29) is 12.0 Å². The van der Waals surface area contributed by atoms with E-state index in [9.17, 15) is 22.7 Å². The molecule has 1 aromatic carbocycles. The SMILES string of the molecule is Cc1cc(CC(O)c2cc(C(F)(F)F)ccc2F)n(C)n1. The molecule has 0 aliphatic heterocycles. The Morgan fingerprint density at radius 2 is 1.95 bits per heavy atom. The Kier molecular flexibility index (Phi) is 4.04. The molecule has 3 nitrogen and oxygen atoms in total. The first-order valence-electron chi connectivity index (χ1n) is 6.22. The highest BCUT2D eigenvalue weighted by molar-refractivity contribution is 5.29. The number of nitrogens with zero attached hydrogens (tertiary/aromatic N) is 2. The van der Waals surface area contributed by atoms with Gasteiger partial charge in [-0.1, -0.05) is 0 Å². The van der Waals surface area contributed by atoms with Gasteiger partial charge in [0.15, 0.2) is 0 Å². The normalized spacial score (nSPS) is 13.5. The van der Waals surface area contributed by atoms with Crippen LogP contribution >= 0.6 is 0 Å². The van der Waals surface area contributed by atoms with Crippen molar-refractivity contribution in [1.82, 2.24) is 9.78 Å². The Hall–Kier alpha value is -1.89. The van der Waals surface area contributed by atoms with Crippen LogP contribution in [0.1, 0.15) is 28.6 Å². The Morgan fingerprint density at radius 1 is 1.29 bits per heavy atom. The van der Waals surface area contributed by atoms with Crippen molar-refractivity contribution in [3.05, 3.63) is 52.6 Å². The minimum atomic E-state index is -4.58. The lowest BCUT2D eigenvalue weighted by molar-refractivity contribution is -0.137. The van der Waals surface area contributed by atoms with E-state index < -0.39 is 23.7 Å². The summed E-state index contributed by atoms with van der Waals surface area (Å²) in [6.07, 6.45) is -5.97. The number of aliphatic hydroxyl groups is 1. The van der Waals surface area contributed by atoms with Crippen molar-refractivity contribution in [3.63, 3.8) is 0 Å². The first-order chi connectivity index (χ1) is 9.68. The lowest BCUT2D eigenvalue weighted by atomic mass is 10.0. The van der Waals surface area contributed by atoms with Crippen molar-refractivity contribution in [3.8, 4) is 0 Å². The summed E-state index contributed by atoms with van der Waals surface area (Å²) >= 11 is 0. The zero-order valence-corrected chi connectivity index (χ0v) is 11.4. The van der Waals surface area contributed by atoms with Gasteiger partial charge in [-0.3, -0.25) is 4.68 Å². The number of hydrogen-bond acceptors (Lipinski definition) is 2. The molecule has 0 amide bonds. The zero-order valence-electron chi connectivity index (χ0n) is 11.4. The van der Waals surface area contributed by atoms with Gasteiger partial charge in [0.1, 0.15) is 5.82 Å². The molecule has 0 aliphatic carbocycles. The number of aliphatic hydroxyl groups excluding tert-OH is 1. The molecule has 0 bridgehead atoms. The van der Waals surface area contributed by atoms with Crippen LogP contribution in [0.15, 0.2) is 24.3 Å². The first kappa shape index (κ1) is 15.5. The zero-order chi connectivity index (χ0) is 15.8. The van der Waals surface area contributed by atoms with Gasteiger partial charge in [0.2, 0.25) is 0 Å². The van der Waals surface area contributed by atoms with Crippen molar-refractivity contribution in [2.45, 2.75) is 25.6 Å². The molecule has 0 saturated carbocycles. The second kappa shape index (κ2) is 5.48. The summed E-state index contributed by atoms with van der Waals surface area (Å²) in [4.78, 5) is 0. The molecule has 0 spiro atoms. The molecule has 1 N–H and O–H groups in total. The van der Waals surface area contributed by atoms with Crippen molar-refractivity contribution in [2.24, 2.45) is 7.05 Å². The number of aromatic nitrogens is 2. The number of hydrogen-bond donors (Lipinski definition) is 1. The third-order valence-electron chi connectivity index (χ3n) is 3.18. The van der Waals surface area contributed by atoms with Gasteiger partial charge in [-0.05, 0) is 31.2 Å². The summed E-state index contributed by atoms with van der Waals surface area (Å²) in [6.45, 7) is 1.75. The van der Waals surface area contributed by atoms with E-state index in [0.29, 0.717) is 23.5 Å². The molecule has 2 rings (SSSR count). The van der Waals surface area contributed by atoms with Crippen molar-refractivity contribution >= 4 is 0 Å². The topological polar surface area (TPSA) is 38.0 Å². The van der Waals surface area contributed by atoms with Gasteiger partial charge < -0.3 is 5.11 Å². The second-order valence-corrected chi connectivity index (χ2v) is 4.85. The van der Waals surface area contributed by atoms with Crippen LogP contribution in [0.3, 0.4) is 0 Å². The molecule has 0 fully saturated rings. The van der Waals surface area contributed by atoms with Gasteiger partial charge in [-0.15, -0.1) is 0 Å². The maximum absolute atomic E-state index is 13.7. The highest BCUT2D eigenvalue weighted by Crippen LogP contribution is 2.32. The van der Waals surface area contributed by atoms with Crippen LogP contribution in [0, 0.1) is 12.7 Å². The molecular formula is C14H14F4N2O. The number of aryl methyl sites for hydroxylation is 2. The van der Waals surface area contributed by atoms with E-state index in [2.05, 4.69) is 5.10 Å². The molecular weight excluding hydrogens is 288 g/mol. The predicted octanol–water partition coefficient (Wildman–Crippen LogP) is 3.16. The molecule has 0 saturated heterocycles. The number of rotatable bonds is 3. The van der Waals surface area contributed by atoms with Gasteiger partial charge >= 0.3 is 6.18 Å². The van der Waals surface area contributed by atoms with E-state index >= 15 is 0 Å². The van der Waals surface area contributed by atoms with Crippen LogP contribution < -0.4 is 0 Å². The second-order valence-electron chi connectivity index (χ2n) is 4.85. The van der Waals surface area contributed by atoms with Gasteiger partial charge in [0, 0.05) is 24.7 Å². The first-order valence-corrected chi connectivity index (χ1v) is 6.22. The molecule has 1 aromatic heterocycles. The fourth-order valence-corrected chi connectivity index (χ4v) is 2.14. The third kappa shape index (κ3) is 3.41. The predicted molar refractivity (Wildman–Crippen MR) is 68.0 cm³/mol. The smallest absolute Gasteiger partial charge is 0.388 e. The van der Waals surface area contributed by atoms with Crippen LogP contribution in [-0.2, 0) is 19.6 Å². The Bertz CT molecular complexity index is 649.